The number of nitrogens with one attached hydrogen (secondary N) is 1. The summed E-state index contributed by atoms with van der Waals surface area (Å²) in [6, 6.07) is 16.1. The monoisotopic (exact) mass is 327 g/mol. The number of nitrogen functional groups attached to an aromatic ring is 1. The van der Waals surface area contributed by atoms with E-state index in [9.17, 15) is 0 Å². The molecule has 0 atom stereocenters. The fourth-order valence-corrected chi connectivity index (χ4v) is 2.84. The van der Waals surface area contributed by atoms with Crippen LogP contribution in [0.15, 0.2) is 53.0 Å². The van der Waals surface area contributed by atoms with Gasteiger partial charge in [0.25, 0.3) is 0 Å². The number of halogens is 1. The van der Waals surface area contributed by atoms with E-state index in [1.165, 1.54) is 0 Å². The molecule has 3 rings (SSSR count). The van der Waals surface area contributed by atoms with Crippen LogP contribution in [0.2, 0.25) is 0 Å². The van der Waals surface area contributed by atoms with Crippen molar-refractivity contribution in [2.75, 3.05) is 5.43 Å². The first-order valence-electron chi connectivity index (χ1n) is 6.32. The number of anilines is 1. The van der Waals surface area contributed by atoms with Crippen LogP contribution in [0.5, 0.6) is 0 Å². The van der Waals surface area contributed by atoms with Gasteiger partial charge in [-0.1, -0.05) is 52.3 Å². The van der Waals surface area contributed by atoms with Gasteiger partial charge in [-0.25, -0.2) is 4.98 Å². The summed E-state index contributed by atoms with van der Waals surface area (Å²) < 4.78 is 0.984. The summed E-state index contributed by atoms with van der Waals surface area (Å²) in [4.78, 5) is 4.79. The van der Waals surface area contributed by atoms with Crippen LogP contribution in [-0.2, 0) is 0 Å². The normalized spacial score (nSPS) is 10.8. The third-order valence-corrected chi connectivity index (χ3v) is 4.00. The van der Waals surface area contributed by atoms with Gasteiger partial charge in [-0.05, 0) is 24.6 Å². The number of fused-ring (bicyclic) bond motifs is 1. The molecule has 20 heavy (non-hydrogen) atoms. The second-order valence-electron chi connectivity index (χ2n) is 4.65. The van der Waals surface area contributed by atoms with Gasteiger partial charge < -0.3 is 5.43 Å². The zero-order valence-electron chi connectivity index (χ0n) is 11.0. The van der Waals surface area contributed by atoms with Crippen molar-refractivity contribution in [3.8, 4) is 11.3 Å². The second kappa shape index (κ2) is 5.23. The minimum Gasteiger partial charge on any atom is -0.323 e. The van der Waals surface area contributed by atoms with Crippen LogP contribution >= 0.6 is 15.9 Å². The first-order chi connectivity index (χ1) is 9.70. The number of nitrogens with zero attached hydrogens (tertiary/aromatic N) is 1. The van der Waals surface area contributed by atoms with E-state index in [2.05, 4.69) is 34.3 Å². The Bertz CT molecular complexity index is 770. The van der Waals surface area contributed by atoms with E-state index in [0.29, 0.717) is 0 Å². The van der Waals surface area contributed by atoms with Crippen molar-refractivity contribution < 1.29 is 0 Å². The summed E-state index contributed by atoms with van der Waals surface area (Å²) in [7, 11) is 0. The van der Waals surface area contributed by atoms with Gasteiger partial charge in [-0.15, -0.1) is 0 Å². The average Bonchev–Trinajstić information content (AvgIpc) is 2.51. The molecule has 100 valence electrons. The van der Waals surface area contributed by atoms with Crippen molar-refractivity contribution >= 4 is 32.5 Å². The van der Waals surface area contributed by atoms with Crippen molar-refractivity contribution in [1.82, 2.24) is 4.98 Å². The minimum absolute atomic E-state index is 0.865. The fraction of sp³-hybridized carbons (Fsp3) is 0.0625. The summed E-state index contributed by atoms with van der Waals surface area (Å²) in [6.07, 6.45) is 0. The summed E-state index contributed by atoms with van der Waals surface area (Å²) in [5.41, 5.74) is 7.70. The second-order valence-corrected chi connectivity index (χ2v) is 5.51. The van der Waals surface area contributed by atoms with Crippen LogP contribution < -0.4 is 11.3 Å². The van der Waals surface area contributed by atoms with E-state index in [0.717, 1.165) is 37.9 Å². The molecule has 0 bridgehead atoms. The largest absolute Gasteiger partial charge is 0.323 e. The van der Waals surface area contributed by atoms with E-state index in [1.807, 2.05) is 42.5 Å². The molecule has 3 nitrogen and oxygen atoms in total. The smallest absolute Gasteiger partial charge is 0.0771 e. The van der Waals surface area contributed by atoms with Crippen LogP contribution in [0.25, 0.3) is 22.2 Å². The van der Waals surface area contributed by atoms with Gasteiger partial charge >= 0.3 is 0 Å². The Morgan fingerprint density at radius 2 is 1.85 bits per heavy atom. The van der Waals surface area contributed by atoms with E-state index in [-0.39, 0.29) is 0 Å². The molecule has 0 spiro atoms. The Morgan fingerprint density at radius 3 is 2.55 bits per heavy atom. The van der Waals surface area contributed by atoms with Crippen LogP contribution in [0.3, 0.4) is 0 Å². The highest BCUT2D eigenvalue weighted by Gasteiger charge is 2.11. The van der Waals surface area contributed by atoms with Crippen molar-refractivity contribution in [3.05, 3.63) is 58.6 Å². The Labute approximate surface area is 125 Å². The Hall–Kier alpha value is -1.91. The molecule has 1 aromatic heterocycles. The van der Waals surface area contributed by atoms with Gasteiger partial charge in [-0.3, -0.25) is 5.84 Å². The molecule has 1 heterocycles. The van der Waals surface area contributed by atoms with Gasteiger partial charge in [0.15, 0.2) is 0 Å². The molecule has 3 N–H and O–H groups in total. The minimum atomic E-state index is 0.865. The third kappa shape index (κ3) is 2.17. The molecule has 4 heteroatoms. The zero-order chi connectivity index (χ0) is 14.1. The molecule has 0 saturated heterocycles. The van der Waals surface area contributed by atoms with Crippen molar-refractivity contribution in [2.24, 2.45) is 5.84 Å². The maximum absolute atomic E-state index is 5.68. The number of hydrogen-bond acceptors (Lipinski definition) is 3. The molecular formula is C16H14BrN3. The molecular weight excluding hydrogens is 314 g/mol. The predicted octanol–water partition coefficient (Wildman–Crippen LogP) is 4.26. The van der Waals surface area contributed by atoms with Crippen LogP contribution in [-0.4, -0.2) is 4.98 Å². The highest BCUT2D eigenvalue weighted by Crippen LogP contribution is 2.34. The molecule has 0 aliphatic heterocycles. The number of aryl methyl sites for hydroxylation is 1. The van der Waals surface area contributed by atoms with Crippen LogP contribution in [0.4, 0.5) is 5.69 Å². The zero-order valence-corrected chi connectivity index (χ0v) is 12.6. The first-order valence-corrected chi connectivity index (χ1v) is 7.12. The number of hydrazine groups is 1. The summed E-state index contributed by atoms with van der Waals surface area (Å²) in [5.74, 6) is 5.68. The van der Waals surface area contributed by atoms with E-state index < -0.39 is 0 Å². The van der Waals surface area contributed by atoms with Gasteiger partial charge in [0.05, 0.1) is 16.9 Å². The predicted molar refractivity (Wildman–Crippen MR) is 87.4 cm³/mol. The number of aromatic nitrogens is 1. The molecule has 0 aliphatic rings. The summed E-state index contributed by atoms with van der Waals surface area (Å²) >= 11 is 3.57. The quantitative estimate of drug-likeness (QED) is 0.546. The number of hydrogen-bond donors (Lipinski definition) is 2. The van der Waals surface area contributed by atoms with E-state index in [4.69, 9.17) is 10.8 Å². The Balaban J connectivity index is 2.35. The van der Waals surface area contributed by atoms with Crippen molar-refractivity contribution in [2.45, 2.75) is 6.92 Å². The maximum Gasteiger partial charge on any atom is 0.0771 e. The maximum atomic E-state index is 5.68. The third-order valence-electron chi connectivity index (χ3n) is 3.34. The average molecular weight is 328 g/mol. The SMILES string of the molecule is Cc1ccc(Br)c2c(NN)cc(-c3ccccc3)nc12. The molecule has 0 aliphatic carbocycles. The summed E-state index contributed by atoms with van der Waals surface area (Å²) in [6.45, 7) is 2.05. The van der Waals surface area contributed by atoms with Gasteiger partial charge in [-0.2, -0.15) is 0 Å². The lowest BCUT2D eigenvalue weighted by Crippen LogP contribution is -2.08. The van der Waals surface area contributed by atoms with Gasteiger partial charge in [0, 0.05) is 15.4 Å². The van der Waals surface area contributed by atoms with Gasteiger partial charge in [0.1, 0.15) is 0 Å². The Morgan fingerprint density at radius 1 is 1.10 bits per heavy atom. The molecule has 0 saturated carbocycles. The lowest BCUT2D eigenvalue weighted by atomic mass is 10.1. The highest BCUT2D eigenvalue weighted by atomic mass is 79.9. The molecule has 3 aromatic rings. The standard InChI is InChI=1S/C16H14BrN3/c1-10-7-8-12(17)15-14(20-18)9-13(19-16(10)15)11-5-3-2-4-6-11/h2-9H,18H2,1H3,(H,19,20). The molecule has 0 unspecified atom stereocenters. The molecule has 0 radical (unpaired) electrons. The van der Waals surface area contributed by atoms with E-state index in [1.54, 1.807) is 0 Å². The van der Waals surface area contributed by atoms with Crippen LogP contribution in [0, 0.1) is 6.92 Å². The molecule has 0 amide bonds. The molecule has 0 fully saturated rings. The number of benzene rings is 2. The van der Waals surface area contributed by atoms with Gasteiger partial charge in [0.2, 0.25) is 0 Å². The van der Waals surface area contributed by atoms with E-state index >= 15 is 0 Å². The fourth-order valence-electron chi connectivity index (χ4n) is 2.30. The summed E-state index contributed by atoms with van der Waals surface area (Å²) in [5, 5.41) is 1.01. The Kier molecular flexibility index (Phi) is 3.42. The van der Waals surface area contributed by atoms with Crippen molar-refractivity contribution in [1.29, 1.82) is 0 Å². The highest BCUT2D eigenvalue weighted by molar-refractivity contribution is 9.10. The van der Waals surface area contributed by atoms with Crippen LogP contribution in [0.1, 0.15) is 5.56 Å². The number of nitrogens with two attached hydrogens (primary N) is 1. The first kappa shape index (κ1) is 13.1. The number of pyridine rings is 1. The lowest BCUT2D eigenvalue weighted by molar-refractivity contribution is 1.31. The van der Waals surface area contributed by atoms with Crippen molar-refractivity contribution in [3.63, 3.8) is 0 Å². The topological polar surface area (TPSA) is 50.9 Å². The lowest BCUT2D eigenvalue weighted by Gasteiger charge is -2.12. The number of rotatable bonds is 2. The molecule has 2 aromatic carbocycles.